The third-order valence-electron chi connectivity index (χ3n) is 4.71. The average Bonchev–Trinajstić information content (AvgIpc) is 2.51. The predicted octanol–water partition coefficient (Wildman–Crippen LogP) is 5.49. The molecule has 0 spiro atoms. The molecular weight excluding hydrogens is 328 g/mol. The van der Waals surface area contributed by atoms with Crippen LogP contribution in [0.15, 0.2) is 0 Å². The molecule has 0 aromatic carbocycles. The minimum absolute atomic E-state index is 0.0308. The second kappa shape index (κ2) is 13.2. The van der Waals surface area contributed by atoms with E-state index in [1.807, 2.05) is 27.7 Å². The van der Waals surface area contributed by atoms with Crippen LogP contribution in [0.25, 0.3) is 0 Å². The van der Waals surface area contributed by atoms with Crippen molar-refractivity contribution in [2.75, 3.05) is 13.2 Å². The fraction of sp³-hybridized carbons (Fsp3) is 0.909. The van der Waals surface area contributed by atoms with Gasteiger partial charge in [-0.25, -0.2) is 0 Å². The van der Waals surface area contributed by atoms with Crippen molar-refractivity contribution in [1.82, 2.24) is 0 Å². The van der Waals surface area contributed by atoms with Crippen LogP contribution < -0.4 is 0 Å². The van der Waals surface area contributed by atoms with E-state index in [-0.39, 0.29) is 23.8 Å². The van der Waals surface area contributed by atoms with Gasteiger partial charge in [-0.05, 0) is 49.4 Å². The topological polar surface area (TPSA) is 52.6 Å². The summed E-state index contributed by atoms with van der Waals surface area (Å²) in [6, 6.07) is 0. The number of carbonyl (C=O) groups is 2. The quantitative estimate of drug-likeness (QED) is 0.318. The van der Waals surface area contributed by atoms with Gasteiger partial charge in [0, 0.05) is 0 Å². The molecule has 0 aromatic rings. The summed E-state index contributed by atoms with van der Waals surface area (Å²) in [5.41, 5.74) is 0. The lowest BCUT2D eigenvalue weighted by molar-refractivity contribution is -0.165. The molecule has 2 atom stereocenters. The van der Waals surface area contributed by atoms with Crippen LogP contribution in [0, 0.1) is 35.5 Å². The lowest BCUT2D eigenvalue weighted by atomic mass is 9.77. The molecule has 154 valence electrons. The molecule has 0 N–H and O–H groups in total. The Labute approximate surface area is 161 Å². The predicted molar refractivity (Wildman–Crippen MR) is 107 cm³/mol. The van der Waals surface area contributed by atoms with Gasteiger partial charge in [0.15, 0.2) is 0 Å². The van der Waals surface area contributed by atoms with E-state index in [0.29, 0.717) is 25.0 Å². The van der Waals surface area contributed by atoms with E-state index in [2.05, 4.69) is 27.7 Å². The summed E-state index contributed by atoms with van der Waals surface area (Å²) in [5, 5.41) is 0. The van der Waals surface area contributed by atoms with E-state index >= 15 is 0 Å². The SMILES string of the molecule is CC(C)CCCOC(=O)C(C(C)C)C(C(=O)OCCCC(C)C)C(C)C. The average molecular weight is 371 g/mol. The Hall–Kier alpha value is -1.06. The summed E-state index contributed by atoms with van der Waals surface area (Å²) in [5.74, 6) is -0.175. The minimum atomic E-state index is -0.452. The van der Waals surface area contributed by atoms with Crippen LogP contribution in [0.2, 0.25) is 0 Å². The van der Waals surface area contributed by atoms with Crippen molar-refractivity contribution in [3.63, 3.8) is 0 Å². The smallest absolute Gasteiger partial charge is 0.310 e. The summed E-state index contributed by atoms with van der Waals surface area (Å²) in [7, 11) is 0. The third kappa shape index (κ3) is 10.2. The van der Waals surface area contributed by atoms with Crippen molar-refractivity contribution in [2.45, 2.75) is 81.1 Å². The van der Waals surface area contributed by atoms with Crippen molar-refractivity contribution < 1.29 is 19.1 Å². The molecule has 0 aromatic heterocycles. The number of hydrogen-bond donors (Lipinski definition) is 0. The molecule has 0 bridgehead atoms. The molecule has 26 heavy (non-hydrogen) atoms. The van der Waals surface area contributed by atoms with E-state index < -0.39 is 11.8 Å². The van der Waals surface area contributed by atoms with Gasteiger partial charge >= 0.3 is 11.9 Å². The Kier molecular flexibility index (Phi) is 12.6. The van der Waals surface area contributed by atoms with E-state index in [0.717, 1.165) is 25.7 Å². The number of esters is 2. The van der Waals surface area contributed by atoms with E-state index in [1.165, 1.54) is 0 Å². The maximum Gasteiger partial charge on any atom is 0.310 e. The molecule has 0 heterocycles. The van der Waals surface area contributed by atoms with Crippen LogP contribution >= 0.6 is 0 Å². The van der Waals surface area contributed by atoms with Crippen LogP contribution in [-0.4, -0.2) is 25.2 Å². The van der Waals surface area contributed by atoms with Crippen LogP contribution in [0.4, 0.5) is 0 Å². The highest BCUT2D eigenvalue weighted by Gasteiger charge is 2.40. The van der Waals surface area contributed by atoms with Gasteiger partial charge in [-0.3, -0.25) is 9.59 Å². The van der Waals surface area contributed by atoms with Gasteiger partial charge in [0.05, 0.1) is 25.0 Å². The summed E-state index contributed by atoms with van der Waals surface area (Å²) < 4.78 is 11.0. The molecule has 0 fully saturated rings. The minimum Gasteiger partial charge on any atom is -0.465 e. The van der Waals surface area contributed by atoms with E-state index in [1.54, 1.807) is 0 Å². The molecule has 0 saturated carbocycles. The third-order valence-corrected chi connectivity index (χ3v) is 4.71. The molecule has 2 unspecified atom stereocenters. The Morgan fingerprint density at radius 3 is 1.15 bits per heavy atom. The van der Waals surface area contributed by atoms with Crippen LogP contribution in [0.1, 0.15) is 81.1 Å². The summed E-state index contributed by atoms with van der Waals surface area (Å²) >= 11 is 0. The Balaban J connectivity index is 4.82. The van der Waals surface area contributed by atoms with Gasteiger partial charge in [0.1, 0.15) is 0 Å². The zero-order chi connectivity index (χ0) is 20.3. The van der Waals surface area contributed by atoms with Gasteiger partial charge in [-0.15, -0.1) is 0 Å². The number of carbonyl (C=O) groups excluding carboxylic acids is 2. The first-order valence-electron chi connectivity index (χ1n) is 10.4. The maximum atomic E-state index is 12.7. The first-order chi connectivity index (χ1) is 12.1. The standard InChI is InChI=1S/C22H42O4/c1-15(2)11-9-13-25-21(23)19(17(5)6)20(18(7)8)22(24)26-14-10-12-16(3)4/h15-20H,9-14H2,1-8H3. The van der Waals surface area contributed by atoms with Gasteiger partial charge in [0.25, 0.3) is 0 Å². The summed E-state index contributed by atoms with van der Waals surface area (Å²) in [6.45, 7) is 17.4. The molecule has 0 aliphatic rings. The van der Waals surface area contributed by atoms with Gasteiger partial charge < -0.3 is 9.47 Å². The van der Waals surface area contributed by atoms with Crippen LogP contribution in [0.3, 0.4) is 0 Å². The first kappa shape index (κ1) is 24.9. The van der Waals surface area contributed by atoms with Gasteiger partial charge in [0.2, 0.25) is 0 Å². The number of rotatable bonds is 13. The van der Waals surface area contributed by atoms with Crippen molar-refractivity contribution in [3.05, 3.63) is 0 Å². The van der Waals surface area contributed by atoms with Crippen molar-refractivity contribution >= 4 is 11.9 Å². The molecular formula is C22H42O4. The Morgan fingerprint density at radius 1 is 0.615 bits per heavy atom. The molecule has 4 nitrogen and oxygen atoms in total. The summed E-state index contributed by atoms with van der Waals surface area (Å²) in [6.07, 6.45) is 3.79. The maximum absolute atomic E-state index is 12.7. The van der Waals surface area contributed by atoms with Crippen molar-refractivity contribution in [2.24, 2.45) is 35.5 Å². The van der Waals surface area contributed by atoms with Crippen LogP contribution in [0.5, 0.6) is 0 Å². The first-order valence-corrected chi connectivity index (χ1v) is 10.4. The normalized spacial score (nSPS) is 14.2. The monoisotopic (exact) mass is 370 g/mol. The van der Waals surface area contributed by atoms with E-state index in [9.17, 15) is 9.59 Å². The highest BCUT2D eigenvalue weighted by molar-refractivity contribution is 5.82. The Morgan fingerprint density at radius 2 is 0.923 bits per heavy atom. The molecule has 0 amide bonds. The molecule has 0 aliphatic heterocycles. The fourth-order valence-corrected chi connectivity index (χ4v) is 3.19. The Bertz CT molecular complexity index is 361. The second-order valence-electron chi connectivity index (χ2n) is 8.95. The highest BCUT2D eigenvalue weighted by Crippen LogP contribution is 2.30. The fourth-order valence-electron chi connectivity index (χ4n) is 3.19. The molecule has 0 saturated heterocycles. The molecule has 4 heteroatoms. The summed E-state index contributed by atoms with van der Waals surface area (Å²) in [4.78, 5) is 25.3. The highest BCUT2D eigenvalue weighted by atomic mass is 16.5. The zero-order valence-corrected chi connectivity index (χ0v) is 18.3. The lowest BCUT2D eigenvalue weighted by Crippen LogP contribution is -2.39. The number of ether oxygens (including phenoxy) is 2. The van der Waals surface area contributed by atoms with Gasteiger partial charge in [-0.2, -0.15) is 0 Å². The van der Waals surface area contributed by atoms with Crippen LogP contribution in [-0.2, 0) is 19.1 Å². The molecule has 0 aliphatic carbocycles. The van der Waals surface area contributed by atoms with Crippen molar-refractivity contribution in [1.29, 1.82) is 0 Å². The second-order valence-corrected chi connectivity index (χ2v) is 8.95. The van der Waals surface area contributed by atoms with E-state index in [4.69, 9.17) is 9.47 Å². The van der Waals surface area contributed by atoms with Gasteiger partial charge in [-0.1, -0.05) is 55.4 Å². The van der Waals surface area contributed by atoms with Crippen molar-refractivity contribution in [3.8, 4) is 0 Å². The molecule has 0 radical (unpaired) electrons. The molecule has 0 rings (SSSR count). The largest absolute Gasteiger partial charge is 0.465 e. The lowest BCUT2D eigenvalue weighted by Gasteiger charge is -2.29. The number of hydrogen-bond acceptors (Lipinski definition) is 4. The zero-order valence-electron chi connectivity index (χ0n) is 18.3.